The fourth-order valence-electron chi connectivity index (χ4n) is 2.86. The zero-order chi connectivity index (χ0) is 18.4. The van der Waals surface area contributed by atoms with Crippen molar-refractivity contribution in [3.63, 3.8) is 0 Å². The average molecular weight is 482 g/mol. The summed E-state index contributed by atoms with van der Waals surface area (Å²) in [6, 6.07) is 14.4. The van der Waals surface area contributed by atoms with Gasteiger partial charge in [-0.1, -0.05) is 30.3 Å². The lowest BCUT2D eigenvalue weighted by Gasteiger charge is -2.16. The summed E-state index contributed by atoms with van der Waals surface area (Å²) >= 11 is 0. The lowest BCUT2D eigenvalue weighted by Crippen LogP contribution is -2.36. The Hall–Kier alpha value is -2.00. The predicted octanol–water partition coefficient (Wildman–Crippen LogP) is 2.96. The normalized spacial score (nSPS) is 12.7. The Morgan fingerprint density at radius 3 is 2.44 bits per heavy atom. The molecule has 0 unspecified atom stereocenters. The first kappa shape index (κ1) is 21.3. The van der Waals surface area contributed by atoms with Gasteiger partial charge < -0.3 is 25.0 Å². The summed E-state index contributed by atoms with van der Waals surface area (Å²) in [5.74, 6) is 2.36. The van der Waals surface area contributed by atoms with E-state index in [-0.39, 0.29) is 24.0 Å². The van der Waals surface area contributed by atoms with Crippen molar-refractivity contribution in [2.45, 2.75) is 19.6 Å². The van der Waals surface area contributed by atoms with Crippen molar-refractivity contribution in [1.82, 2.24) is 15.5 Å². The van der Waals surface area contributed by atoms with E-state index in [0.29, 0.717) is 13.3 Å². The van der Waals surface area contributed by atoms with Crippen LogP contribution in [0.15, 0.2) is 47.5 Å². The van der Waals surface area contributed by atoms with Crippen molar-refractivity contribution in [2.75, 3.05) is 27.9 Å². The van der Waals surface area contributed by atoms with Crippen LogP contribution >= 0.6 is 24.0 Å². The lowest BCUT2D eigenvalue weighted by atomic mass is 10.1. The quantitative estimate of drug-likeness (QED) is 0.377. The maximum absolute atomic E-state index is 5.42. The number of halogens is 1. The van der Waals surface area contributed by atoms with Crippen LogP contribution in [0.5, 0.6) is 11.5 Å². The monoisotopic (exact) mass is 482 g/mol. The number of fused-ring (bicyclic) bond motifs is 1. The van der Waals surface area contributed by atoms with Gasteiger partial charge in [-0.3, -0.25) is 4.99 Å². The van der Waals surface area contributed by atoms with Gasteiger partial charge in [0.05, 0.1) is 0 Å². The molecule has 0 fully saturated rings. The molecule has 0 aromatic heterocycles. The molecule has 0 spiro atoms. The molecule has 146 valence electrons. The molecule has 7 heteroatoms. The lowest BCUT2D eigenvalue weighted by molar-refractivity contribution is 0.174. The summed E-state index contributed by atoms with van der Waals surface area (Å²) in [6.07, 6.45) is 0. The van der Waals surface area contributed by atoms with Gasteiger partial charge in [-0.25, -0.2) is 0 Å². The number of guanidine groups is 1. The smallest absolute Gasteiger partial charge is 0.231 e. The summed E-state index contributed by atoms with van der Waals surface area (Å²) in [6.45, 7) is 2.60. The maximum atomic E-state index is 5.42. The van der Waals surface area contributed by atoms with Crippen LogP contribution in [-0.2, 0) is 19.6 Å². The van der Waals surface area contributed by atoms with Crippen molar-refractivity contribution in [3.05, 3.63) is 59.2 Å². The van der Waals surface area contributed by atoms with Gasteiger partial charge in [-0.05, 0) is 42.9 Å². The summed E-state index contributed by atoms with van der Waals surface area (Å²) in [7, 11) is 5.94. The third-order valence-corrected chi connectivity index (χ3v) is 4.17. The van der Waals surface area contributed by atoms with Crippen LogP contribution in [-0.4, -0.2) is 38.8 Å². The fourth-order valence-corrected chi connectivity index (χ4v) is 2.86. The van der Waals surface area contributed by atoms with Crippen LogP contribution in [0, 0.1) is 0 Å². The van der Waals surface area contributed by atoms with E-state index in [1.807, 2.05) is 18.2 Å². The highest BCUT2D eigenvalue weighted by atomic mass is 127. The molecule has 6 nitrogen and oxygen atoms in total. The number of benzene rings is 2. The van der Waals surface area contributed by atoms with Gasteiger partial charge in [0, 0.05) is 26.7 Å². The minimum Gasteiger partial charge on any atom is -0.454 e. The van der Waals surface area contributed by atoms with Gasteiger partial charge in [0.2, 0.25) is 6.79 Å². The third-order valence-electron chi connectivity index (χ3n) is 4.17. The maximum Gasteiger partial charge on any atom is 0.231 e. The van der Waals surface area contributed by atoms with Crippen molar-refractivity contribution in [3.8, 4) is 11.5 Å². The molecule has 0 atom stereocenters. The zero-order valence-electron chi connectivity index (χ0n) is 16.0. The van der Waals surface area contributed by atoms with E-state index in [0.717, 1.165) is 36.1 Å². The number of nitrogens with one attached hydrogen (secondary N) is 2. The summed E-state index contributed by atoms with van der Waals surface area (Å²) in [5, 5.41) is 6.73. The minimum atomic E-state index is 0. The molecular weight excluding hydrogens is 455 g/mol. The SMILES string of the molecule is CN=C(NCc1ccc2c(c1)OCO2)NCc1ccccc1CN(C)C.I. The van der Waals surface area contributed by atoms with Crippen LogP contribution in [0.1, 0.15) is 16.7 Å². The second-order valence-corrected chi connectivity index (χ2v) is 6.47. The van der Waals surface area contributed by atoms with E-state index < -0.39 is 0 Å². The molecule has 1 heterocycles. The Labute approximate surface area is 178 Å². The topological polar surface area (TPSA) is 58.1 Å². The average Bonchev–Trinajstić information content (AvgIpc) is 3.10. The van der Waals surface area contributed by atoms with Crippen molar-refractivity contribution < 1.29 is 9.47 Å². The molecule has 2 aromatic carbocycles. The number of hydrogen-bond acceptors (Lipinski definition) is 4. The molecule has 0 aliphatic carbocycles. The Balaban J connectivity index is 0.00000261. The Bertz CT molecular complexity index is 780. The number of hydrogen-bond donors (Lipinski definition) is 2. The molecule has 0 bridgehead atoms. The molecule has 0 saturated heterocycles. The molecule has 2 aromatic rings. The molecule has 0 saturated carbocycles. The molecule has 3 rings (SSSR count). The van der Waals surface area contributed by atoms with E-state index in [4.69, 9.17) is 9.47 Å². The predicted molar refractivity (Wildman–Crippen MR) is 119 cm³/mol. The molecular formula is C20H27IN4O2. The molecule has 0 amide bonds. The Kier molecular flexibility index (Phi) is 8.18. The number of rotatable bonds is 6. The van der Waals surface area contributed by atoms with Gasteiger partial charge in [-0.2, -0.15) is 0 Å². The van der Waals surface area contributed by atoms with E-state index in [1.54, 1.807) is 7.05 Å². The first-order valence-corrected chi connectivity index (χ1v) is 8.70. The molecule has 1 aliphatic rings. The second-order valence-electron chi connectivity index (χ2n) is 6.47. The van der Waals surface area contributed by atoms with Crippen LogP contribution in [0.4, 0.5) is 0 Å². The molecule has 27 heavy (non-hydrogen) atoms. The third kappa shape index (κ3) is 6.00. The Morgan fingerprint density at radius 1 is 1.00 bits per heavy atom. The standard InChI is InChI=1S/C20H26N4O2.HI/c1-21-20(22-11-15-8-9-18-19(10-15)26-14-25-18)23-12-16-6-4-5-7-17(16)13-24(2)3;/h4-10H,11-14H2,1-3H3,(H2,21,22,23);1H. The second kappa shape index (κ2) is 10.4. The van der Waals surface area contributed by atoms with E-state index in [9.17, 15) is 0 Å². The van der Waals surface area contributed by atoms with Crippen LogP contribution in [0.3, 0.4) is 0 Å². The molecule has 2 N–H and O–H groups in total. The highest BCUT2D eigenvalue weighted by molar-refractivity contribution is 14.0. The first-order chi connectivity index (χ1) is 12.7. The highest BCUT2D eigenvalue weighted by Crippen LogP contribution is 2.32. The van der Waals surface area contributed by atoms with Crippen LogP contribution in [0.2, 0.25) is 0 Å². The molecule has 0 radical (unpaired) electrons. The van der Waals surface area contributed by atoms with Gasteiger partial charge in [0.1, 0.15) is 0 Å². The number of ether oxygens (including phenoxy) is 2. The largest absolute Gasteiger partial charge is 0.454 e. The van der Waals surface area contributed by atoms with Gasteiger partial charge in [0.15, 0.2) is 17.5 Å². The first-order valence-electron chi connectivity index (χ1n) is 8.70. The zero-order valence-corrected chi connectivity index (χ0v) is 18.3. The van der Waals surface area contributed by atoms with Crippen molar-refractivity contribution >= 4 is 29.9 Å². The highest BCUT2D eigenvalue weighted by Gasteiger charge is 2.13. The van der Waals surface area contributed by atoms with Gasteiger partial charge in [0.25, 0.3) is 0 Å². The Morgan fingerprint density at radius 2 is 1.70 bits per heavy atom. The molecule has 1 aliphatic heterocycles. The van der Waals surface area contributed by atoms with E-state index in [2.05, 4.69) is 58.9 Å². The van der Waals surface area contributed by atoms with Crippen molar-refractivity contribution in [2.24, 2.45) is 4.99 Å². The summed E-state index contributed by atoms with van der Waals surface area (Å²) in [5.41, 5.74) is 3.70. The summed E-state index contributed by atoms with van der Waals surface area (Å²) < 4.78 is 10.8. The number of aliphatic imine (C=N–C) groups is 1. The van der Waals surface area contributed by atoms with Crippen LogP contribution < -0.4 is 20.1 Å². The number of nitrogens with zero attached hydrogens (tertiary/aromatic N) is 2. The van der Waals surface area contributed by atoms with Crippen molar-refractivity contribution in [1.29, 1.82) is 0 Å². The van der Waals surface area contributed by atoms with Gasteiger partial charge >= 0.3 is 0 Å². The van der Waals surface area contributed by atoms with E-state index >= 15 is 0 Å². The fraction of sp³-hybridized carbons (Fsp3) is 0.350. The van der Waals surface area contributed by atoms with Gasteiger partial charge in [-0.15, -0.1) is 24.0 Å². The summed E-state index contributed by atoms with van der Waals surface area (Å²) in [4.78, 5) is 6.48. The minimum absolute atomic E-state index is 0. The van der Waals surface area contributed by atoms with Crippen LogP contribution in [0.25, 0.3) is 0 Å². The van der Waals surface area contributed by atoms with E-state index in [1.165, 1.54) is 11.1 Å².